The van der Waals surface area contributed by atoms with Crippen LogP contribution in [-0.4, -0.2) is 19.1 Å². The van der Waals surface area contributed by atoms with Crippen molar-refractivity contribution in [2.45, 2.75) is 46.5 Å². The molecule has 0 atom stereocenters. The molecule has 0 aliphatic rings. The number of ether oxygens (including phenoxy) is 1. The van der Waals surface area contributed by atoms with Crippen LogP contribution in [0.3, 0.4) is 0 Å². The van der Waals surface area contributed by atoms with Crippen molar-refractivity contribution in [3.8, 4) is 5.75 Å². The standard InChI is InChI=1S/C17H27NO2/c1-13(2)12-16(19)18-10-11-20-15-8-6-14(7-9-15)17(3,4)5/h6-9,13H,10-12H2,1-5H3,(H,18,19). The van der Waals surface area contributed by atoms with E-state index in [1.54, 1.807) is 0 Å². The van der Waals surface area contributed by atoms with Crippen molar-refractivity contribution < 1.29 is 9.53 Å². The molecule has 1 amide bonds. The fraction of sp³-hybridized carbons (Fsp3) is 0.588. The second kappa shape index (κ2) is 7.32. The first-order chi connectivity index (χ1) is 9.29. The van der Waals surface area contributed by atoms with E-state index in [1.165, 1.54) is 5.56 Å². The largest absolute Gasteiger partial charge is 0.492 e. The summed E-state index contributed by atoms with van der Waals surface area (Å²) in [6.45, 7) is 11.7. The SMILES string of the molecule is CC(C)CC(=O)NCCOc1ccc(C(C)(C)C)cc1. The highest BCUT2D eigenvalue weighted by molar-refractivity contribution is 5.75. The Morgan fingerprint density at radius 3 is 2.30 bits per heavy atom. The van der Waals surface area contributed by atoms with Crippen molar-refractivity contribution in [3.63, 3.8) is 0 Å². The molecule has 0 spiro atoms. The predicted octanol–water partition coefficient (Wildman–Crippen LogP) is 3.53. The molecule has 0 bridgehead atoms. The summed E-state index contributed by atoms with van der Waals surface area (Å²) in [5, 5.41) is 2.86. The van der Waals surface area contributed by atoms with Crippen LogP contribution < -0.4 is 10.1 Å². The van der Waals surface area contributed by atoms with Crippen LogP contribution in [-0.2, 0) is 10.2 Å². The molecule has 0 fully saturated rings. The van der Waals surface area contributed by atoms with Crippen LogP contribution in [0.15, 0.2) is 24.3 Å². The van der Waals surface area contributed by atoms with Crippen molar-refractivity contribution in [1.82, 2.24) is 5.32 Å². The summed E-state index contributed by atoms with van der Waals surface area (Å²) < 4.78 is 5.61. The molecule has 1 aromatic rings. The number of rotatable bonds is 6. The first kappa shape index (κ1) is 16.5. The summed E-state index contributed by atoms with van der Waals surface area (Å²) in [4.78, 5) is 11.5. The van der Waals surface area contributed by atoms with Gasteiger partial charge >= 0.3 is 0 Å². The second-order valence-electron chi connectivity index (χ2n) is 6.57. The molecule has 3 heteroatoms. The van der Waals surface area contributed by atoms with E-state index in [2.05, 4.69) is 38.2 Å². The molecular formula is C17H27NO2. The van der Waals surface area contributed by atoms with Crippen molar-refractivity contribution in [1.29, 1.82) is 0 Å². The zero-order valence-corrected chi connectivity index (χ0v) is 13.3. The summed E-state index contributed by atoms with van der Waals surface area (Å²) in [6, 6.07) is 8.15. The van der Waals surface area contributed by atoms with Crippen molar-refractivity contribution in [2.24, 2.45) is 5.92 Å². The molecule has 0 aliphatic carbocycles. The molecule has 1 N–H and O–H groups in total. The lowest BCUT2D eigenvalue weighted by Crippen LogP contribution is -2.28. The minimum atomic E-state index is 0.0895. The predicted molar refractivity (Wildman–Crippen MR) is 83.1 cm³/mol. The molecular weight excluding hydrogens is 250 g/mol. The van der Waals surface area contributed by atoms with Gasteiger partial charge in [0.1, 0.15) is 12.4 Å². The number of benzene rings is 1. The summed E-state index contributed by atoms with van der Waals surface area (Å²) in [6.07, 6.45) is 0.570. The zero-order valence-electron chi connectivity index (χ0n) is 13.3. The maximum atomic E-state index is 11.5. The molecule has 0 aliphatic heterocycles. The number of nitrogens with one attached hydrogen (secondary N) is 1. The molecule has 0 aromatic heterocycles. The maximum Gasteiger partial charge on any atom is 0.220 e. The lowest BCUT2D eigenvalue weighted by molar-refractivity contribution is -0.121. The Morgan fingerprint density at radius 2 is 1.80 bits per heavy atom. The van der Waals surface area contributed by atoms with E-state index >= 15 is 0 Å². The van der Waals surface area contributed by atoms with Gasteiger partial charge in [-0.05, 0) is 29.0 Å². The molecule has 20 heavy (non-hydrogen) atoms. The fourth-order valence-corrected chi connectivity index (χ4v) is 1.85. The van der Waals surface area contributed by atoms with Crippen LogP contribution in [0, 0.1) is 5.92 Å². The van der Waals surface area contributed by atoms with Crippen molar-refractivity contribution in [2.75, 3.05) is 13.2 Å². The average molecular weight is 277 g/mol. The van der Waals surface area contributed by atoms with Crippen molar-refractivity contribution >= 4 is 5.91 Å². The smallest absolute Gasteiger partial charge is 0.220 e. The molecule has 1 rings (SSSR count). The van der Waals surface area contributed by atoms with Gasteiger partial charge in [0, 0.05) is 6.42 Å². The molecule has 0 unspecified atom stereocenters. The van der Waals surface area contributed by atoms with Gasteiger partial charge in [-0.15, -0.1) is 0 Å². The highest BCUT2D eigenvalue weighted by Crippen LogP contribution is 2.24. The number of hydrogen-bond donors (Lipinski definition) is 1. The number of carbonyl (C=O) groups is 1. The molecule has 0 radical (unpaired) electrons. The van der Waals surface area contributed by atoms with Gasteiger partial charge in [-0.3, -0.25) is 4.79 Å². The Kier molecular flexibility index (Phi) is 6.05. The van der Waals surface area contributed by atoms with E-state index in [1.807, 2.05) is 26.0 Å². The van der Waals surface area contributed by atoms with E-state index < -0.39 is 0 Å². The molecule has 0 heterocycles. The molecule has 112 valence electrons. The van der Waals surface area contributed by atoms with Crippen LogP contribution in [0.1, 0.15) is 46.6 Å². The van der Waals surface area contributed by atoms with E-state index in [-0.39, 0.29) is 11.3 Å². The van der Waals surface area contributed by atoms with Gasteiger partial charge in [0.05, 0.1) is 6.54 Å². The van der Waals surface area contributed by atoms with Crippen LogP contribution >= 0.6 is 0 Å². The van der Waals surface area contributed by atoms with Crippen LogP contribution in [0.5, 0.6) is 5.75 Å². The Hall–Kier alpha value is -1.51. The summed E-state index contributed by atoms with van der Waals surface area (Å²) in [5.41, 5.74) is 1.44. The fourth-order valence-electron chi connectivity index (χ4n) is 1.85. The molecule has 0 saturated heterocycles. The third-order valence-corrected chi connectivity index (χ3v) is 3.01. The quantitative estimate of drug-likeness (QED) is 0.808. The minimum Gasteiger partial charge on any atom is -0.492 e. The summed E-state index contributed by atoms with van der Waals surface area (Å²) in [7, 11) is 0. The van der Waals surface area contributed by atoms with E-state index in [4.69, 9.17) is 4.74 Å². The minimum absolute atomic E-state index is 0.0895. The molecule has 1 aromatic carbocycles. The van der Waals surface area contributed by atoms with Crippen LogP contribution in [0.25, 0.3) is 0 Å². The van der Waals surface area contributed by atoms with Crippen molar-refractivity contribution in [3.05, 3.63) is 29.8 Å². The Bertz CT molecular complexity index is 416. The van der Waals surface area contributed by atoms with Gasteiger partial charge in [0.25, 0.3) is 0 Å². The van der Waals surface area contributed by atoms with E-state index in [0.29, 0.717) is 25.5 Å². The topological polar surface area (TPSA) is 38.3 Å². The normalized spacial score (nSPS) is 11.5. The lowest BCUT2D eigenvalue weighted by atomic mass is 9.87. The molecule has 0 saturated carbocycles. The second-order valence-corrected chi connectivity index (χ2v) is 6.57. The highest BCUT2D eigenvalue weighted by Gasteiger charge is 2.12. The zero-order chi connectivity index (χ0) is 15.2. The lowest BCUT2D eigenvalue weighted by Gasteiger charge is -2.19. The first-order valence-electron chi connectivity index (χ1n) is 7.29. The number of hydrogen-bond acceptors (Lipinski definition) is 2. The van der Waals surface area contributed by atoms with Gasteiger partial charge in [-0.2, -0.15) is 0 Å². The van der Waals surface area contributed by atoms with Crippen LogP contribution in [0.4, 0.5) is 0 Å². The van der Waals surface area contributed by atoms with Gasteiger partial charge in [-0.1, -0.05) is 46.8 Å². The Labute approximate surface area is 122 Å². The van der Waals surface area contributed by atoms with E-state index in [9.17, 15) is 4.79 Å². The van der Waals surface area contributed by atoms with E-state index in [0.717, 1.165) is 5.75 Å². The summed E-state index contributed by atoms with van der Waals surface area (Å²) >= 11 is 0. The van der Waals surface area contributed by atoms with Gasteiger partial charge < -0.3 is 10.1 Å². The Balaban J connectivity index is 2.31. The number of carbonyl (C=O) groups excluding carboxylic acids is 1. The third-order valence-electron chi connectivity index (χ3n) is 3.01. The average Bonchev–Trinajstić information content (AvgIpc) is 2.33. The third kappa shape index (κ3) is 6.09. The van der Waals surface area contributed by atoms with Gasteiger partial charge in [-0.25, -0.2) is 0 Å². The number of amides is 1. The first-order valence-corrected chi connectivity index (χ1v) is 7.29. The summed E-state index contributed by atoms with van der Waals surface area (Å²) in [5.74, 6) is 1.32. The van der Waals surface area contributed by atoms with Crippen LogP contribution in [0.2, 0.25) is 0 Å². The van der Waals surface area contributed by atoms with Gasteiger partial charge in [0.15, 0.2) is 0 Å². The monoisotopic (exact) mass is 277 g/mol. The Morgan fingerprint density at radius 1 is 1.20 bits per heavy atom. The maximum absolute atomic E-state index is 11.5. The molecule has 3 nitrogen and oxygen atoms in total. The highest BCUT2D eigenvalue weighted by atomic mass is 16.5. The van der Waals surface area contributed by atoms with Gasteiger partial charge in [0.2, 0.25) is 5.91 Å².